The summed E-state index contributed by atoms with van der Waals surface area (Å²) in [6.07, 6.45) is -0.917. The third-order valence-corrected chi connectivity index (χ3v) is 4.06. The summed E-state index contributed by atoms with van der Waals surface area (Å²) >= 11 is 3.32. The van der Waals surface area contributed by atoms with E-state index in [1.807, 2.05) is 12.1 Å². The molecular formula is C17H18BrNO4. The Morgan fingerprint density at radius 3 is 2.26 bits per heavy atom. The molecule has 1 N–H and O–H groups in total. The lowest BCUT2D eigenvalue weighted by molar-refractivity contribution is -0.123. The van der Waals surface area contributed by atoms with Crippen molar-refractivity contribution in [3.63, 3.8) is 0 Å². The maximum Gasteiger partial charge on any atom is 0.342 e. The molecule has 122 valence electrons. The molecule has 23 heavy (non-hydrogen) atoms. The summed E-state index contributed by atoms with van der Waals surface area (Å²) in [4.78, 5) is 24.4. The first-order valence-corrected chi connectivity index (χ1v) is 7.93. The summed E-state index contributed by atoms with van der Waals surface area (Å²) in [6.45, 7) is 6.80. The van der Waals surface area contributed by atoms with Crippen molar-refractivity contribution in [3.8, 4) is 0 Å². The zero-order valence-electron chi connectivity index (χ0n) is 13.4. The number of carbonyl (C=O) groups excluding carboxylic acids is 2. The number of esters is 1. The van der Waals surface area contributed by atoms with E-state index in [0.717, 1.165) is 10.0 Å². The third kappa shape index (κ3) is 4.01. The van der Waals surface area contributed by atoms with Gasteiger partial charge in [-0.15, -0.1) is 0 Å². The smallest absolute Gasteiger partial charge is 0.342 e. The van der Waals surface area contributed by atoms with Gasteiger partial charge in [-0.3, -0.25) is 4.79 Å². The fourth-order valence-electron chi connectivity index (χ4n) is 2.14. The van der Waals surface area contributed by atoms with E-state index in [0.29, 0.717) is 22.8 Å². The van der Waals surface area contributed by atoms with Crippen molar-refractivity contribution in [3.05, 3.63) is 51.4 Å². The van der Waals surface area contributed by atoms with Crippen LogP contribution in [-0.4, -0.2) is 18.0 Å². The first-order valence-electron chi connectivity index (χ1n) is 7.13. The van der Waals surface area contributed by atoms with Crippen LogP contribution in [0.4, 0.5) is 5.69 Å². The fraction of sp³-hybridized carbons (Fsp3) is 0.294. The number of aryl methyl sites for hydroxylation is 2. The van der Waals surface area contributed by atoms with Crippen molar-refractivity contribution in [2.75, 3.05) is 5.32 Å². The van der Waals surface area contributed by atoms with Crippen molar-refractivity contribution >= 4 is 33.5 Å². The Hall–Kier alpha value is -2.08. The van der Waals surface area contributed by atoms with Gasteiger partial charge in [0.25, 0.3) is 5.91 Å². The molecule has 0 aliphatic carbocycles. The summed E-state index contributed by atoms with van der Waals surface area (Å²) in [5.41, 5.74) is 1.74. The van der Waals surface area contributed by atoms with Gasteiger partial charge in [-0.25, -0.2) is 4.79 Å². The van der Waals surface area contributed by atoms with Gasteiger partial charge in [0.1, 0.15) is 17.1 Å². The van der Waals surface area contributed by atoms with Gasteiger partial charge in [0.05, 0.1) is 0 Å². The topological polar surface area (TPSA) is 68.5 Å². The number of amides is 1. The molecule has 0 saturated heterocycles. The number of hydrogen-bond acceptors (Lipinski definition) is 4. The monoisotopic (exact) mass is 379 g/mol. The average Bonchev–Trinajstić information content (AvgIpc) is 2.74. The molecule has 2 aromatic rings. The highest BCUT2D eigenvalue weighted by atomic mass is 79.9. The molecule has 1 aromatic carbocycles. The zero-order valence-corrected chi connectivity index (χ0v) is 15.0. The molecular weight excluding hydrogens is 362 g/mol. The molecule has 0 aliphatic rings. The summed E-state index contributed by atoms with van der Waals surface area (Å²) in [5, 5.41) is 2.70. The van der Waals surface area contributed by atoms with E-state index in [1.54, 1.807) is 32.9 Å². The molecule has 0 aliphatic heterocycles. The van der Waals surface area contributed by atoms with Crippen LogP contribution >= 0.6 is 15.9 Å². The Kier molecular flexibility index (Phi) is 5.26. The Morgan fingerprint density at radius 1 is 1.13 bits per heavy atom. The zero-order chi connectivity index (χ0) is 17.1. The lowest BCUT2D eigenvalue weighted by Gasteiger charge is -2.13. The van der Waals surface area contributed by atoms with Crippen molar-refractivity contribution in [2.24, 2.45) is 0 Å². The van der Waals surface area contributed by atoms with Crippen molar-refractivity contribution < 1.29 is 18.7 Å². The van der Waals surface area contributed by atoms with Crippen LogP contribution in [0.15, 0.2) is 33.2 Å². The Labute approximate surface area is 143 Å². The highest BCUT2D eigenvalue weighted by Crippen LogP contribution is 2.22. The van der Waals surface area contributed by atoms with E-state index < -0.39 is 18.0 Å². The Morgan fingerprint density at radius 2 is 1.74 bits per heavy atom. The van der Waals surface area contributed by atoms with Gasteiger partial charge in [-0.1, -0.05) is 15.9 Å². The first-order chi connectivity index (χ1) is 10.8. The second kappa shape index (κ2) is 7.00. The van der Waals surface area contributed by atoms with Crippen LogP contribution in [0.2, 0.25) is 0 Å². The molecule has 0 unspecified atom stereocenters. The van der Waals surface area contributed by atoms with Crippen LogP contribution in [0.25, 0.3) is 0 Å². The number of benzene rings is 1. The predicted octanol–water partition coefficient (Wildman–Crippen LogP) is 4.15. The quantitative estimate of drug-likeness (QED) is 0.810. The van der Waals surface area contributed by atoms with E-state index >= 15 is 0 Å². The van der Waals surface area contributed by atoms with Crippen LogP contribution in [0.3, 0.4) is 0 Å². The predicted molar refractivity (Wildman–Crippen MR) is 90.6 cm³/mol. The van der Waals surface area contributed by atoms with Gasteiger partial charge in [-0.2, -0.15) is 0 Å². The van der Waals surface area contributed by atoms with Gasteiger partial charge in [0.2, 0.25) is 0 Å². The molecule has 1 heterocycles. The van der Waals surface area contributed by atoms with Gasteiger partial charge in [-0.05, 0) is 52.0 Å². The van der Waals surface area contributed by atoms with Crippen LogP contribution in [0.5, 0.6) is 0 Å². The molecule has 0 radical (unpaired) electrons. The second-order valence-electron chi connectivity index (χ2n) is 5.26. The molecule has 1 aromatic heterocycles. The molecule has 1 atom stereocenters. The first kappa shape index (κ1) is 17.3. The summed E-state index contributed by atoms with van der Waals surface area (Å²) in [7, 11) is 0. The summed E-state index contributed by atoms with van der Waals surface area (Å²) in [5.74, 6) is 0.207. The van der Waals surface area contributed by atoms with Crippen LogP contribution in [0.1, 0.15) is 34.4 Å². The Bertz CT molecular complexity index is 734. The van der Waals surface area contributed by atoms with Crippen LogP contribution in [0, 0.1) is 20.8 Å². The molecule has 0 bridgehead atoms. The second-order valence-corrected chi connectivity index (χ2v) is 6.17. The van der Waals surface area contributed by atoms with Crippen LogP contribution in [-0.2, 0) is 9.53 Å². The van der Waals surface area contributed by atoms with E-state index in [9.17, 15) is 9.59 Å². The number of carbonyl (C=O) groups is 2. The van der Waals surface area contributed by atoms with E-state index in [2.05, 4.69) is 21.2 Å². The maximum absolute atomic E-state index is 12.2. The molecule has 0 spiro atoms. The highest BCUT2D eigenvalue weighted by Gasteiger charge is 2.24. The minimum Gasteiger partial charge on any atom is -0.465 e. The minimum atomic E-state index is -0.917. The van der Waals surface area contributed by atoms with Gasteiger partial charge < -0.3 is 14.5 Å². The third-order valence-electron chi connectivity index (χ3n) is 3.53. The van der Waals surface area contributed by atoms with Gasteiger partial charge in [0, 0.05) is 15.7 Å². The number of nitrogens with one attached hydrogen (secondary N) is 1. The number of furan rings is 1. The van der Waals surface area contributed by atoms with Crippen molar-refractivity contribution in [1.82, 2.24) is 0 Å². The number of halogens is 1. The SMILES string of the molecule is Cc1oc(C)c(C(=O)O[C@H](C)C(=O)Nc2ccc(Br)cc2)c1C. The van der Waals surface area contributed by atoms with Gasteiger partial charge >= 0.3 is 5.97 Å². The molecule has 2 rings (SSSR count). The normalized spacial score (nSPS) is 11.9. The molecule has 6 heteroatoms. The summed E-state index contributed by atoms with van der Waals surface area (Å²) in [6, 6.07) is 7.13. The van der Waals surface area contributed by atoms with Crippen molar-refractivity contribution in [2.45, 2.75) is 33.8 Å². The largest absolute Gasteiger partial charge is 0.465 e. The standard InChI is InChI=1S/C17H18BrNO4/c1-9-10(2)22-11(3)15(9)17(21)23-12(4)16(20)19-14-7-5-13(18)6-8-14/h5-8,12H,1-4H3,(H,19,20)/t12-/m1/s1. The van der Waals surface area contributed by atoms with E-state index in [1.165, 1.54) is 6.92 Å². The van der Waals surface area contributed by atoms with Crippen molar-refractivity contribution in [1.29, 1.82) is 0 Å². The lowest BCUT2D eigenvalue weighted by atomic mass is 10.1. The average molecular weight is 380 g/mol. The van der Waals surface area contributed by atoms with E-state index in [-0.39, 0.29) is 0 Å². The van der Waals surface area contributed by atoms with Gasteiger partial charge in [0.15, 0.2) is 6.10 Å². The maximum atomic E-state index is 12.2. The number of rotatable bonds is 4. The number of hydrogen-bond donors (Lipinski definition) is 1. The van der Waals surface area contributed by atoms with Crippen LogP contribution < -0.4 is 5.32 Å². The van der Waals surface area contributed by atoms with E-state index in [4.69, 9.17) is 9.15 Å². The minimum absolute atomic E-state index is 0.380. The number of anilines is 1. The molecule has 0 saturated carbocycles. The lowest BCUT2D eigenvalue weighted by Crippen LogP contribution is -2.30. The summed E-state index contributed by atoms with van der Waals surface area (Å²) < 4.78 is 11.6. The molecule has 5 nitrogen and oxygen atoms in total. The Balaban J connectivity index is 2.03. The highest BCUT2D eigenvalue weighted by molar-refractivity contribution is 9.10. The molecule has 1 amide bonds. The fourth-order valence-corrected chi connectivity index (χ4v) is 2.41. The molecule has 0 fully saturated rings. The number of ether oxygens (including phenoxy) is 1.